The maximum Gasteiger partial charge on any atom is 0.407 e. The highest BCUT2D eigenvalue weighted by Gasteiger charge is 2.59. The van der Waals surface area contributed by atoms with Crippen molar-refractivity contribution in [3.8, 4) is 0 Å². The molecule has 1 aromatic rings. The van der Waals surface area contributed by atoms with Gasteiger partial charge in [-0.25, -0.2) is 4.79 Å². The predicted octanol–water partition coefficient (Wildman–Crippen LogP) is 1.82. The van der Waals surface area contributed by atoms with Crippen molar-refractivity contribution < 1.29 is 14.7 Å². The van der Waals surface area contributed by atoms with Crippen LogP contribution in [-0.2, 0) is 4.79 Å². The first-order valence-corrected chi connectivity index (χ1v) is 7.19. The molecule has 1 spiro atoms. The van der Waals surface area contributed by atoms with Crippen molar-refractivity contribution in [3.63, 3.8) is 0 Å². The zero-order valence-corrected chi connectivity index (χ0v) is 12.0. The van der Waals surface area contributed by atoms with Crippen molar-refractivity contribution in [1.82, 2.24) is 9.88 Å². The molecule has 21 heavy (non-hydrogen) atoms. The molecule has 1 aliphatic heterocycles. The second-order valence-electron chi connectivity index (χ2n) is 6.00. The van der Waals surface area contributed by atoms with Crippen LogP contribution in [0.1, 0.15) is 19.3 Å². The molecule has 112 valence electrons. The van der Waals surface area contributed by atoms with Crippen molar-refractivity contribution in [1.29, 1.82) is 0 Å². The van der Waals surface area contributed by atoms with Crippen molar-refractivity contribution in [2.24, 2.45) is 11.3 Å². The minimum Gasteiger partial charge on any atom is -0.465 e. The van der Waals surface area contributed by atoms with Crippen molar-refractivity contribution >= 4 is 17.7 Å². The Balaban J connectivity index is 1.63. The number of amides is 2. The quantitative estimate of drug-likeness (QED) is 0.901. The molecule has 1 atom stereocenters. The molecule has 1 saturated carbocycles. The predicted molar refractivity (Wildman–Crippen MR) is 77.0 cm³/mol. The fourth-order valence-electron chi connectivity index (χ4n) is 3.31. The molecule has 1 saturated heterocycles. The number of carbonyl (C=O) groups is 2. The minimum atomic E-state index is -0.860. The number of hydrogen-bond acceptors (Lipinski definition) is 3. The van der Waals surface area contributed by atoms with Gasteiger partial charge in [0.2, 0.25) is 5.91 Å². The van der Waals surface area contributed by atoms with Gasteiger partial charge in [-0.2, -0.15) is 0 Å². The third kappa shape index (κ3) is 2.46. The molecule has 0 aromatic carbocycles. The standard InChI is InChI=1S/C15H19N3O3/c1-17(11-3-2-6-16-10-11)13(19)12-9-15(12)4-7-18(8-5-15)14(20)21/h2-3,6,10,12H,4-5,7-9H2,1H3,(H,20,21)/t12-/m1/s1. The first kappa shape index (κ1) is 13.9. The summed E-state index contributed by atoms with van der Waals surface area (Å²) in [6.45, 7) is 1.07. The third-order valence-corrected chi connectivity index (χ3v) is 4.88. The number of likely N-dealkylation sites (tertiary alicyclic amines) is 1. The van der Waals surface area contributed by atoms with Crippen LogP contribution >= 0.6 is 0 Å². The Labute approximate surface area is 123 Å². The average Bonchev–Trinajstić information content (AvgIpc) is 3.20. The lowest BCUT2D eigenvalue weighted by molar-refractivity contribution is -0.120. The normalized spacial score (nSPS) is 22.9. The molecule has 0 radical (unpaired) electrons. The van der Waals surface area contributed by atoms with Crippen LogP contribution in [0.25, 0.3) is 0 Å². The van der Waals surface area contributed by atoms with Gasteiger partial charge in [-0.1, -0.05) is 0 Å². The zero-order chi connectivity index (χ0) is 15.0. The van der Waals surface area contributed by atoms with E-state index in [9.17, 15) is 9.59 Å². The van der Waals surface area contributed by atoms with E-state index in [2.05, 4.69) is 4.98 Å². The molecule has 2 fully saturated rings. The van der Waals surface area contributed by atoms with Gasteiger partial charge in [-0.15, -0.1) is 0 Å². The Morgan fingerprint density at radius 3 is 2.71 bits per heavy atom. The number of aromatic nitrogens is 1. The van der Waals surface area contributed by atoms with Gasteiger partial charge in [0.05, 0.1) is 11.9 Å². The zero-order valence-electron chi connectivity index (χ0n) is 12.0. The molecule has 0 unspecified atom stereocenters. The van der Waals surface area contributed by atoms with E-state index < -0.39 is 6.09 Å². The van der Waals surface area contributed by atoms with Crippen LogP contribution in [0.2, 0.25) is 0 Å². The lowest BCUT2D eigenvalue weighted by Gasteiger charge is -2.31. The van der Waals surface area contributed by atoms with E-state index in [1.165, 1.54) is 4.90 Å². The number of carbonyl (C=O) groups excluding carboxylic acids is 1. The van der Waals surface area contributed by atoms with E-state index in [0.29, 0.717) is 13.1 Å². The Hall–Kier alpha value is -2.11. The number of pyridine rings is 1. The second-order valence-corrected chi connectivity index (χ2v) is 6.00. The molecular weight excluding hydrogens is 270 g/mol. The molecule has 6 nitrogen and oxygen atoms in total. The average molecular weight is 289 g/mol. The molecule has 2 aliphatic rings. The fourth-order valence-corrected chi connectivity index (χ4v) is 3.31. The van der Waals surface area contributed by atoms with Crippen LogP contribution in [0.5, 0.6) is 0 Å². The maximum atomic E-state index is 12.6. The van der Waals surface area contributed by atoms with E-state index in [0.717, 1.165) is 24.9 Å². The molecule has 2 heterocycles. The molecule has 1 aromatic heterocycles. The lowest BCUT2D eigenvalue weighted by atomic mass is 9.90. The summed E-state index contributed by atoms with van der Waals surface area (Å²) in [6, 6.07) is 3.68. The van der Waals surface area contributed by atoms with E-state index in [1.54, 1.807) is 24.3 Å². The van der Waals surface area contributed by atoms with Gasteiger partial charge in [-0.05, 0) is 36.8 Å². The highest BCUT2D eigenvalue weighted by molar-refractivity contribution is 5.96. The number of anilines is 1. The Morgan fingerprint density at radius 2 is 2.14 bits per heavy atom. The number of rotatable bonds is 2. The fraction of sp³-hybridized carbons (Fsp3) is 0.533. The summed E-state index contributed by atoms with van der Waals surface area (Å²) >= 11 is 0. The number of hydrogen-bond donors (Lipinski definition) is 1. The summed E-state index contributed by atoms with van der Waals surface area (Å²) in [5.74, 6) is 0.144. The molecular formula is C15H19N3O3. The van der Waals surface area contributed by atoms with Gasteiger partial charge >= 0.3 is 6.09 Å². The largest absolute Gasteiger partial charge is 0.465 e. The van der Waals surface area contributed by atoms with Crippen LogP contribution in [0.4, 0.5) is 10.5 Å². The maximum absolute atomic E-state index is 12.6. The smallest absolute Gasteiger partial charge is 0.407 e. The van der Waals surface area contributed by atoms with Gasteiger partial charge < -0.3 is 14.9 Å². The van der Waals surface area contributed by atoms with E-state index in [-0.39, 0.29) is 17.2 Å². The first-order valence-electron chi connectivity index (χ1n) is 7.19. The summed E-state index contributed by atoms with van der Waals surface area (Å²) in [5, 5.41) is 8.98. The van der Waals surface area contributed by atoms with Crippen LogP contribution in [0, 0.1) is 11.3 Å². The molecule has 0 bridgehead atoms. The highest BCUT2D eigenvalue weighted by Crippen LogP contribution is 2.60. The number of carboxylic acid groups (broad SMARTS) is 1. The molecule has 6 heteroatoms. The second kappa shape index (κ2) is 5.02. The summed E-state index contributed by atoms with van der Waals surface area (Å²) in [6.07, 6.45) is 4.96. The summed E-state index contributed by atoms with van der Waals surface area (Å²) < 4.78 is 0. The lowest BCUT2D eigenvalue weighted by Crippen LogP contribution is -2.40. The topological polar surface area (TPSA) is 73.7 Å². The van der Waals surface area contributed by atoms with Crippen molar-refractivity contribution in [3.05, 3.63) is 24.5 Å². The number of piperidine rings is 1. The van der Waals surface area contributed by atoms with Crippen LogP contribution in [0.15, 0.2) is 24.5 Å². The molecule has 1 N–H and O–H groups in total. The molecule has 1 aliphatic carbocycles. The Bertz CT molecular complexity index is 553. The highest BCUT2D eigenvalue weighted by atomic mass is 16.4. The van der Waals surface area contributed by atoms with Gasteiger partial charge in [0.15, 0.2) is 0 Å². The number of nitrogens with zero attached hydrogens (tertiary/aromatic N) is 3. The Morgan fingerprint density at radius 1 is 1.43 bits per heavy atom. The summed E-state index contributed by atoms with van der Waals surface area (Å²) in [5.41, 5.74) is 0.826. The monoisotopic (exact) mass is 289 g/mol. The SMILES string of the molecule is CN(C(=O)[C@H]1CC12CCN(C(=O)O)CC2)c1cccnc1. The summed E-state index contributed by atoms with van der Waals surface area (Å²) in [4.78, 5) is 30.6. The van der Waals surface area contributed by atoms with Crippen LogP contribution in [-0.4, -0.2) is 47.1 Å². The summed E-state index contributed by atoms with van der Waals surface area (Å²) in [7, 11) is 1.78. The molecule has 3 rings (SSSR count). The van der Waals surface area contributed by atoms with E-state index >= 15 is 0 Å². The van der Waals surface area contributed by atoms with Crippen molar-refractivity contribution in [2.75, 3.05) is 25.0 Å². The minimum absolute atomic E-state index is 0.0265. The van der Waals surface area contributed by atoms with Crippen LogP contribution in [0.3, 0.4) is 0 Å². The van der Waals surface area contributed by atoms with Crippen LogP contribution < -0.4 is 4.90 Å². The first-order chi connectivity index (χ1) is 10.0. The van der Waals surface area contributed by atoms with Gasteiger partial charge in [0.1, 0.15) is 0 Å². The van der Waals surface area contributed by atoms with Crippen molar-refractivity contribution in [2.45, 2.75) is 19.3 Å². The third-order valence-electron chi connectivity index (χ3n) is 4.88. The Kier molecular flexibility index (Phi) is 3.31. The molecule has 2 amide bonds. The van der Waals surface area contributed by atoms with E-state index in [1.807, 2.05) is 12.1 Å². The van der Waals surface area contributed by atoms with E-state index in [4.69, 9.17) is 5.11 Å². The van der Waals surface area contributed by atoms with Gasteiger partial charge in [0.25, 0.3) is 0 Å². The van der Waals surface area contributed by atoms with Gasteiger partial charge in [0, 0.05) is 32.3 Å². The van der Waals surface area contributed by atoms with Gasteiger partial charge in [-0.3, -0.25) is 9.78 Å².